The van der Waals surface area contributed by atoms with E-state index in [-0.39, 0.29) is 6.23 Å². The van der Waals surface area contributed by atoms with Crippen LogP contribution in [0.2, 0.25) is 0 Å². The minimum Gasteiger partial charge on any atom is -0.362 e. The highest BCUT2D eigenvalue weighted by Crippen LogP contribution is 2.23. The highest BCUT2D eigenvalue weighted by atomic mass is 16.5. The second kappa shape index (κ2) is 3.09. The lowest BCUT2D eigenvalue weighted by atomic mass is 9.96. The Labute approximate surface area is 66.9 Å². The van der Waals surface area contributed by atoms with Gasteiger partial charge in [-0.3, -0.25) is 0 Å². The summed E-state index contributed by atoms with van der Waals surface area (Å²) < 4.78 is 5.66. The smallest absolute Gasteiger partial charge is 0.147 e. The molecule has 1 N–H and O–H groups in total. The Morgan fingerprint density at radius 2 is 2.36 bits per heavy atom. The normalized spacial score (nSPS) is 29.6. The largest absolute Gasteiger partial charge is 0.362 e. The van der Waals surface area contributed by atoms with Gasteiger partial charge in [-0.05, 0) is 31.4 Å². The maximum Gasteiger partial charge on any atom is 0.147 e. The van der Waals surface area contributed by atoms with Gasteiger partial charge in [-0.2, -0.15) is 0 Å². The van der Waals surface area contributed by atoms with Gasteiger partial charge in [0.05, 0.1) is 6.10 Å². The molecule has 1 heterocycles. The van der Waals surface area contributed by atoms with Crippen molar-refractivity contribution in [3.05, 3.63) is 24.4 Å². The molecule has 11 heavy (non-hydrogen) atoms. The zero-order valence-corrected chi connectivity index (χ0v) is 6.42. The van der Waals surface area contributed by atoms with Crippen LogP contribution in [0.15, 0.2) is 18.4 Å². The van der Waals surface area contributed by atoms with Gasteiger partial charge in [0.25, 0.3) is 0 Å². The SMILES string of the molecule is [C]1=CNC(OC2CCC2)C=C1. The monoisotopic (exact) mass is 150 g/mol. The van der Waals surface area contributed by atoms with E-state index >= 15 is 0 Å². The molecular formula is C9H12NO. The Balaban J connectivity index is 1.77. The molecule has 0 bridgehead atoms. The number of allylic oxidation sites excluding steroid dienone is 2. The highest BCUT2D eigenvalue weighted by molar-refractivity contribution is 5.04. The minimum absolute atomic E-state index is 0.0848. The summed E-state index contributed by atoms with van der Waals surface area (Å²) in [7, 11) is 0. The molecule has 1 aliphatic heterocycles. The molecule has 0 aromatic heterocycles. The fourth-order valence-electron chi connectivity index (χ4n) is 1.18. The predicted molar refractivity (Wildman–Crippen MR) is 42.6 cm³/mol. The van der Waals surface area contributed by atoms with Crippen LogP contribution in [0, 0.1) is 6.08 Å². The van der Waals surface area contributed by atoms with Crippen LogP contribution in [0.5, 0.6) is 0 Å². The number of ether oxygens (including phenoxy) is 1. The van der Waals surface area contributed by atoms with Crippen molar-refractivity contribution >= 4 is 0 Å². The first-order valence-corrected chi connectivity index (χ1v) is 4.11. The molecule has 1 unspecified atom stereocenters. The lowest BCUT2D eigenvalue weighted by molar-refractivity contribution is -0.0390. The molecule has 0 saturated heterocycles. The first-order valence-electron chi connectivity index (χ1n) is 4.11. The van der Waals surface area contributed by atoms with Crippen molar-refractivity contribution in [1.82, 2.24) is 5.32 Å². The molecule has 1 radical (unpaired) electrons. The second-order valence-corrected chi connectivity index (χ2v) is 2.95. The third-order valence-corrected chi connectivity index (χ3v) is 2.09. The fraction of sp³-hybridized carbons (Fsp3) is 0.556. The van der Waals surface area contributed by atoms with Gasteiger partial charge in [0, 0.05) is 6.20 Å². The van der Waals surface area contributed by atoms with E-state index in [1.54, 1.807) is 6.20 Å². The van der Waals surface area contributed by atoms with E-state index in [9.17, 15) is 0 Å². The molecule has 1 fully saturated rings. The quantitative estimate of drug-likeness (QED) is 0.641. The summed E-state index contributed by atoms with van der Waals surface area (Å²) in [5.41, 5.74) is 0. The van der Waals surface area contributed by atoms with E-state index < -0.39 is 0 Å². The van der Waals surface area contributed by atoms with Gasteiger partial charge >= 0.3 is 0 Å². The molecule has 0 aromatic rings. The maximum atomic E-state index is 5.66. The van der Waals surface area contributed by atoms with E-state index in [1.807, 2.05) is 12.2 Å². The number of nitrogens with one attached hydrogen (secondary N) is 1. The maximum absolute atomic E-state index is 5.66. The topological polar surface area (TPSA) is 21.3 Å². The minimum atomic E-state index is 0.0848. The van der Waals surface area contributed by atoms with E-state index in [0.29, 0.717) is 6.10 Å². The zero-order valence-electron chi connectivity index (χ0n) is 6.42. The van der Waals surface area contributed by atoms with Crippen LogP contribution in [0.4, 0.5) is 0 Å². The number of dihydropyridines is 1. The van der Waals surface area contributed by atoms with Crippen LogP contribution in [0.1, 0.15) is 19.3 Å². The molecule has 0 aromatic carbocycles. The van der Waals surface area contributed by atoms with Crippen LogP contribution < -0.4 is 5.32 Å². The standard InChI is InChI=1S/C9H12NO/c1-2-7-10-9(6-1)11-8-4-3-5-8/h1,6-10H,3-5H2. The average Bonchev–Trinajstić information content (AvgIpc) is 1.99. The molecule has 2 rings (SSSR count). The van der Waals surface area contributed by atoms with Crippen LogP contribution in [-0.4, -0.2) is 12.3 Å². The number of hydrogen-bond acceptors (Lipinski definition) is 2. The van der Waals surface area contributed by atoms with Crippen molar-refractivity contribution in [3.63, 3.8) is 0 Å². The van der Waals surface area contributed by atoms with Crippen LogP contribution in [-0.2, 0) is 4.74 Å². The van der Waals surface area contributed by atoms with Crippen molar-refractivity contribution in [2.24, 2.45) is 0 Å². The molecule has 2 heteroatoms. The summed E-state index contributed by atoms with van der Waals surface area (Å²) in [4.78, 5) is 0. The zero-order chi connectivity index (χ0) is 7.52. The van der Waals surface area contributed by atoms with Crippen molar-refractivity contribution in [2.45, 2.75) is 31.6 Å². The Bertz CT molecular complexity index is 182. The fourth-order valence-corrected chi connectivity index (χ4v) is 1.18. The van der Waals surface area contributed by atoms with Crippen LogP contribution in [0.3, 0.4) is 0 Å². The summed E-state index contributed by atoms with van der Waals surface area (Å²) in [6.07, 6.45) is 12.9. The highest BCUT2D eigenvalue weighted by Gasteiger charge is 2.20. The summed E-state index contributed by atoms with van der Waals surface area (Å²) in [5, 5.41) is 3.07. The second-order valence-electron chi connectivity index (χ2n) is 2.95. The lowest BCUT2D eigenvalue weighted by Crippen LogP contribution is -2.34. The Kier molecular flexibility index (Phi) is 1.95. The van der Waals surface area contributed by atoms with E-state index in [2.05, 4.69) is 11.4 Å². The average molecular weight is 150 g/mol. The van der Waals surface area contributed by atoms with Gasteiger partial charge in [0.1, 0.15) is 6.23 Å². The van der Waals surface area contributed by atoms with Gasteiger partial charge in [-0.25, -0.2) is 0 Å². The molecule has 0 amide bonds. The third-order valence-electron chi connectivity index (χ3n) is 2.09. The van der Waals surface area contributed by atoms with E-state index in [1.165, 1.54) is 19.3 Å². The lowest BCUT2D eigenvalue weighted by Gasteiger charge is -2.29. The van der Waals surface area contributed by atoms with Crippen molar-refractivity contribution < 1.29 is 4.74 Å². The number of hydrogen-bond donors (Lipinski definition) is 1. The first-order chi connectivity index (χ1) is 5.45. The van der Waals surface area contributed by atoms with Gasteiger partial charge in [-0.15, -0.1) is 0 Å². The summed E-state index contributed by atoms with van der Waals surface area (Å²) in [6, 6.07) is 0. The molecule has 59 valence electrons. The molecule has 2 nitrogen and oxygen atoms in total. The van der Waals surface area contributed by atoms with Crippen LogP contribution in [0.25, 0.3) is 0 Å². The van der Waals surface area contributed by atoms with Crippen molar-refractivity contribution in [3.8, 4) is 0 Å². The molecule has 1 aliphatic carbocycles. The first kappa shape index (κ1) is 6.92. The van der Waals surface area contributed by atoms with Gasteiger partial charge in [0.2, 0.25) is 0 Å². The predicted octanol–water partition coefficient (Wildman–Crippen LogP) is 1.36. The summed E-state index contributed by atoms with van der Waals surface area (Å²) >= 11 is 0. The van der Waals surface area contributed by atoms with Gasteiger partial charge in [0.15, 0.2) is 0 Å². The van der Waals surface area contributed by atoms with Crippen molar-refractivity contribution in [1.29, 1.82) is 0 Å². The molecule has 1 atom stereocenters. The van der Waals surface area contributed by atoms with E-state index in [0.717, 1.165) is 0 Å². The van der Waals surface area contributed by atoms with Crippen molar-refractivity contribution in [2.75, 3.05) is 0 Å². The number of rotatable bonds is 2. The summed E-state index contributed by atoms with van der Waals surface area (Å²) in [6.45, 7) is 0. The Morgan fingerprint density at radius 1 is 1.45 bits per heavy atom. The van der Waals surface area contributed by atoms with E-state index in [4.69, 9.17) is 4.74 Å². The molecule has 1 saturated carbocycles. The third kappa shape index (κ3) is 1.63. The molecule has 0 spiro atoms. The van der Waals surface area contributed by atoms with Gasteiger partial charge in [-0.1, -0.05) is 6.08 Å². The Hall–Kier alpha value is -0.760. The Morgan fingerprint density at radius 3 is 2.91 bits per heavy atom. The summed E-state index contributed by atoms with van der Waals surface area (Å²) in [5.74, 6) is 0. The van der Waals surface area contributed by atoms with Crippen LogP contribution >= 0.6 is 0 Å². The van der Waals surface area contributed by atoms with Gasteiger partial charge < -0.3 is 10.1 Å². The molecular weight excluding hydrogens is 138 g/mol. The molecule has 2 aliphatic rings.